The number of nitro benzene ring substituents is 1. The monoisotopic (exact) mass is 390 g/mol. The normalized spacial score (nSPS) is 14.2. The molecule has 0 saturated heterocycles. The van der Waals surface area contributed by atoms with Gasteiger partial charge in [-0.25, -0.2) is 4.98 Å². The number of rotatable bonds is 2. The van der Waals surface area contributed by atoms with Crippen LogP contribution in [0, 0.1) is 10.1 Å². The van der Waals surface area contributed by atoms with Gasteiger partial charge in [-0.3, -0.25) is 19.9 Å². The standard InChI is InChI=1S/C18H13F3N4O3/c19-18(20,21)12-7-13-15(14(8-12)25(27)28)22-17(23-16(13)26)24-6-5-10-3-1-2-4-11(10)9-24/h1-4,7-8H,5-6,9H2,(H,22,23,26). The fourth-order valence-corrected chi connectivity index (χ4v) is 3.34. The van der Waals surface area contributed by atoms with Crippen molar-refractivity contribution < 1.29 is 18.1 Å². The van der Waals surface area contributed by atoms with E-state index >= 15 is 0 Å². The predicted molar refractivity (Wildman–Crippen MR) is 95.2 cm³/mol. The molecule has 0 radical (unpaired) electrons. The van der Waals surface area contributed by atoms with Crippen molar-refractivity contribution in [1.29, 1.82) is 0 Å². The van der Waals surface area contributed by atoms with E-state index in [1.165, 1.54) is 0 Å². The van der Waals surface area contributed by atoms with Gasteiger partial charge < -0.3 is 4.90 Å². The Morgan fingerprint density at radius 2 is 1.89 bits per heavy atom. The SMILES string of the molecule is O=c1[nH]c(N2CCc3ccccc3C2)nc2c([N+](=O)[O-])cc(C(F)(F)F)cc12. The number of aromatic nitrogens is 2. The highest BCUT2D eigenvalue weighted by molar-refractivity contribution is 5.88. The Morgan fingerprint density at radius 3 is 2.57 bits per heavy atom. The number of nitro groups is 1. The van der Waals surface area contributed by atoms with Gasteiger partial charge in [-0.1, -0.05) is 24.3 Å². The van der Waals surface area contributed by atoms with Crippen LogP contribution >= 0.6 is 0 Å². The van der Waals surface area contributed by atoms with Crippen LogP contribution < -0.4 is 10.5 Å². The highest BCUT2D eigenvalue weighted by atomic mass is 19.4. The Kier molecular flexibility index (Phi) is 4.06. The Labute approximate surface area is 155 Å². The number of alkyl halides is 3. The third-order valence-corrected chi connectivity index (χ3v) is 4.73. The average Bonchev–Trinajstić information content (AvgIpc) is 2.66. The summed E-state index contributed by atoms with van der Waals surface area (Å²) in [5.41, 5.74) is -1.15. The fraction of sp³-hybridized carbons (Fsp3) is 0.222. The van der Waals surface area contributed by atoms with Crippen LogP contribution in [-0.2, 0) is 19.1 Å². The van der Waals surface area contributed by atoms with Gasteiger partial charge in [-0.05, 0) is 23.6 Å². The molecule has 3 aromatic rings. The first-order valence-corrected chi connectivity index (χ1v) is 8.35. The lowest BCUT2D eigenvalue weighted by Gasteiger charge is -2.29. The molecular weight excluding hydrogens is 377 g/mol. The van der Waals surface area contributed by atoms with Crippen molar-refractivity contribution in [3.8, 4) is 0 Å². The number of hydrogen-bond donors (Lipinski definition) is 1. The summed E-state index contributed by atoms with van der Waals surface area (Å²) in [4.78, 5) is 31.1. The van der Waals surface area contributed by atoms with Crippen LogP contribution in [0.15, 0.2) is 41.2 Å². The van der Waals surface area contributed by atoms with Gasteiger partial charge >= 0.3 is 6.18 Å². The Hall–Kier alpha value is -3.43. The van der Waals surface area contributed by atoms with Gasteiger partial charge in [-0.2, -0.15) is 13.2 Å². The Balaban J connectivity index is 1.86. The molecular formula is C18H13F3N4O3. The summed E-state index contributed by atoms with van der Waals surface area (Å²) < 4.78 is 39.1. The third kappa shape index (κ3) is 3.06. The molecule has 10 heteroatoms. The first-order valence-electron chi connectivity index (χ1n) is 8.35. The van der Waals surface area contributed by atoms with Crippen molar-refractivity contribution in [2.75, 3.05) is 11.4 Å². The second-order valence-corrected chi connectivity index (χ2v) is 6.48. The number of halogens is 3. The van der Waals surface area contributed by atoms with Crippen molar-refractivity contribution in [3.63, 3.8) is 0 Å². The fourth-order valence-electron chi connectivity index (χ4n) is 3.34. The lowest BCUT2D eigenvalue weighted by Crippen LogP contribution is -2.33. The summed E-state index contributed by atoms with van der Waals surface area (Å²) in [7, 11) is 0. The molecule has 0 atom stereocenters. The van der Waals surface area contributed by atoms with Crippen molar-refractivity contribution in [3.05, 3.63) is 73.6 Å². The van der Waals surface area contributed by atoms with E-state index in [9.17, 15) is 28.1 Å². The summed E-state index contributed by atoms with van der Waals surface area (Å²) in [6, 6.07) is 8.72. The topological polar surface area (TPSA) is 92.1 Å². The number of benzene rings is 2. The third-order valence-electron chi connectivity index (χ3n) is 4.73. The van der Waals surface area contributed by atoms with Gasteiger partial charge in [0.25, 0.3) is 11.2 Å². The van der Waals surface area contributed by atoms with Crippen molar-refractivity contribution in [1.82, 2.24) is 9.97 Å². The number of hydrogen-bond acceptors (Lipinski definition) is 5. The number of nitrogens with one attached hydrogen (secondary N) is 1. The quantitative estimate of drug-likeness (QED) is 0.535. The molecule has 1 N–H and O–H groups in total. The van der Waals surface area contributed by atoms with Gasteiger partial charge in [0.1, 0.15) is 0 Å². The molecule has 4 rings (SSSR count). The molecule has 2 heterocycles. The second kappa shape index (κ2) is 6.32. The molecule has 1 aliphatic rings. The summed E-state index contributed by atoms with van der Waals surface area (Å²) in [5.74, 6) is 0.0925. The van der Waals surface area contributed by atoms with Gasteiger partial charge in [0, 0.05) is 19.2 Å². The summed E-state index contributed by atoms with van der Waals surface area (Å²) in [6.45, 7) is 0.943. The van der Waals surface area contributed by atoms with E-state index < -0.39 is 33.3 Å². The maximum atomic E-state index is 13.0. The Morgan fingerprint density at radius 1 is 1.18 bits per heavy atom. The highest BCUT2D eigenvalue weighted by Gasteiger charge is 2.34. The van der Waals surface area contributed by atoms with Crippen LogP contribution in [0.25, 0.3) is 10.9 Å². The van der Waals surface area contributed by atoms with Crippen molar-refractivity contribution in [2.45, 2.75) is 19.1 Å². The van der Waals surface area contributed by atoms with Gasteiger partial charge in [0.2, 0.25) is 5.95 Å². The molecule has 1 aliphatic heterocycles. The van der Waals surface area contributed by atoms with Crippen LogP contribution in [0.4, 0.5) is 24.8 Å². The van der Waals surface area contributed by atoms with E-state index in [1.807, 2.05) is 24.3 Å². The molecule has 0 saturated carbocycles. The largest absolute Gasteiger partial charge is 0.416 e. The van der Waals surface area contributed by atoms with E-state index in [2.05, 4.69) is 9.97 Å². The molecule has 0 fully saturated rings. The second-order valence-electron chi connectivity index (χ2n) is 6.48. The van der Waals surface area contributed by atoms with Gasteiger partial charge in [0.05, 0.1) is 15.9 Å². The summed E-state index contributed by atoms with van der Waals surface area (Å²) in [6.07, 6.45) is -4.13. The first-order chi connectivity index (χ1) is 13.2. The zero-order valence-corrected chi connectivity index (χ0v) is 14.3. The number of H-pyrrole nitrogens is 1. The highest BCUT2D eigenvalue weighted by Crippen LogP contribution is 2.35. The minimum Gasteiger partial charge on any atom is -0.338 e. The first kappa shape index (κ1) is 18.0. The maximum Gasteiger partial charge on any atom is 0.416 e. The van der Waals surface area contributed by atoms with Crippen LogP contribution in [0.1, 0.15) is 16.7 Å². The molecule has 0 spiro atoms. The lowest BCUT2D eigenvalue weighted by atomic mass is 10.0. The average molecular weight is 390 g/mol. The van der Waals surface area contributed by atoms with Crippen LogP contribution in [-0.4, -0.2) is 21.4 Å². The number of fused-ring (bicyclic) bond motifs is 2. The van der Waals surface area contributed by atoms with E-state index in [0.29, 0.717) is 31.6 Å². The van der Waals surface area contributed by atoms with Crippen LogP contribution in [0.5, 0.6) is 0 Å². The minimum atomic E-state index is -4.82. The molecule has 144 valence electrons. The van der Waals surface area contributed by atoms with Gasteiger partial charge in [0.15, 0.2) is 5.52 Å². The molecule has 0 unspecified atom stereocenters. The molecule has 1 aromatic heterocycles. The molecule has 0 aliphatic carbocycles. The smallest absolute Gasteiger partial charge is 0.338 e. The van der Waals surface area contributed by atoms with E-state index in [-0.39, 0.29) is 11.5 Å². The van der Waals surface area contributed by atoms with Crippen molar-refractivity contribution >= 4 is 22.5 Å². The van der Waals surface area contributed by atoms with Crippen LogP contribution in [0.3, 0.4) is 0 Å². The zero-order valence-electron chi connectivity index (χ0n) is 14.3. The summed E-state index contributed by atoms with van der Waals surface area (Å²) in [5, 5.41) is 10.9. The zero-order chi connectivity index (χ0) is 20.1. The van der Waals surface area contributed by atoms with E-state index in [4.69, 9.17) is 0 Å². The van der Waals surface area contributed by atoms with E-state index in [0.717, 1.165) is 11.1 Å². The van der Waals surface area contributed by atoms with E-state index in [1.54, 1.807) is 4.90 Å². The Bertz CT molecular complexity index is 1160. The number of non-ortho nitro benzene ring substituents is 1. The summed E-state index contributed by atoms with van der Waals surface area (Å²) >= 11 is 0. The molecule has 28 heavy (non-hydrogen) atoms. The minimum absolute atomic E-state index is 0.0925. The van der Waals surface area contributed by atoms with Gasteiger partial charge in [-0.15, -0.1) is 0 Å². The predicted octanol–water partition coefficient (Wildman–Crippen LogP) is 3.41. The van der Waals surface area contributed by atoms with Crippen molar-refractivity contribution in [2.24, 2.45) is 0 Å². The maximum absolute atomic E-state index is 13.0. The molecule has 0 amide bonds. The number of aromatic amines is 1. The lowest BCUT2D eigenvalue weighted by molar-refractivity contribution is -0.383. The number of anilines is 1. The molecule has 0 bridgehead atoms. The molecule has 7 nitrogen and oxygen atoms in total. The van der Waals surface area contributed by atoms with Crippen LogP contribution in [0.2, 0.25) is 0 Å². The number of nitrogens with zero attached hydrogens (tertiary/aromatic N) is 3. The molecule has 2 aromatic carbocycles.